The zero-order chi connectivity index (χ0) is 12.8. The summed E-state index contributed by atoms with van der Waals surface area (Å²) in [4.78, 5) is 11.6. The van der Waals surface area contributed by atoms with Crippen LogP contribution in [0.15, 0.2) is 23.3 Å². The third-order valence-electron chi connectivity index (χ3n) is 3.20. The average molecular weight is 232 g/mol. The topological polar surface area (TPSA) is 52.9 Å². The number of rotatable bonds is 4. The molecule has 1 N–H and O–H groups in total. The Morgan fingerprint density at radius 1 is 1.59 bits per heavy atom. The van der Waals surface area contributed by atoms with E-state index in [1.165, 1.54) is 0 Å². The number of likely N-dealkylation sites (N-methyl/N-ethyl adjacent to an activating group) is 1. The fraction of sp³-hybridized carbons (Fsp3) is 0.571. The highest BCUT2D eigenvalue weighted by atomic mass is 16.1. The van der Waals surface area contributed by atoms with Crippen LogP contribution >= 0.6 is 0 Å². The largest absolute Gasteiger partial charge is 0.355 e. The lowest BCUT2D eigenvalue weighted by Gasteiger charge is -2.23. The summed E-state index contributed by atoms with van der Waals surface area (Å²) < 4.78 is 0. The summed E-state index contributed by atoms with van der Waals surface area (Å²) >= 11 is 0. The van der Waals surface area contributed by atoms with Crippen molar-refractivity contribution in [2.75, 3.05) is 7.05 Å². The van der Waals surface area contributed by atoms with Gasteiger partial charge in [0.05, 0.1) is 6.07 Å². The van der Waals surface area contributed by atoms with Gasteiger partial charge in [0.15, 0.2) is 0 Å². The summed E-state index contributed by atoms with van der Waals surface area (Å²) in [6.07, 6.45) is 6.32. The van der Waals surface area contributed by atoms with Gasteiger partial charge in [-0.15, -0.1) is 0 Å². The van der Waals surface area contributed by atoms with Crippen LogP contribution < -0.4 is 5.32 Å². The van der Waals surface area contributed by atoms with Crippen molar-refractivity contribution in [2.45, 2.75) is 33.1 Å². The summed E-state index contributed by atoms with van der Waals surface area (Å²) in [5.41, 5.74) is 1.97. The first-order valence-corrected chi connectivity index (χ1v) is 6.09. The van der Waals surface area contributed by atoms with Gasteiger partial charge in [0.1, 0.15) is 0 Å². The quantitative estimate of drug-likeness (QED) is 0.810. The van der Waals surface area contributed by atoms with Crippen LogP contribution in [0, 0.1) is 23.2 Å². The SMILES string of the molecule is CNC(=O)C1=CC(C(CC#N)C(C)C)=CCC1. The van der Waals surface area contributed by atoms with E-state index in [4.69, 9.17) is 5.26 Å². The van der Waals surface area contributed by atoms with E-state index in [1.807, 2.05) is 6.08 Å². The summed E-state index contributed by atoms with van der Waals surface area (Å²) in [7, 11) is 1.65. The van der Waals surface area contributed by atoms with E-state index in [0.717, 1.165) is 24.0 Å². The molecule has 0 aromatic carbocycles. The molecule has 0 aromatic rings. The van der Waals surface area contributed by atoms with Gasteiger partial charge in [-0.25, -0.2) is 0 Å². The minimum atomic E-state index is -0.00457. The molecular formula is C14H20N2O. The smallest absolute Gasteiger partial charge is 0.246 e. The van der Waals surface area contributed by atoms with E-state index in [9.17, 15) is 4.79 Å². The van der Waals surface area contributed by atoms with Crippen LogP contribution in [0.3, 0.4) is 0 Å². The van der Waals surface area contributed by atoms with Crippen LogP contribution in [0.4, 0.5) is 0 Å². The predicted molar refractivity (Wildman–Crippen MR) is 68.0 cm³/mol. The van der Waals surface area contributed by atoms with E-state index in [0.29, 0.717) is 12.3 Å². The number of hydrogen-bond acceptors (Lipinski definition) is 2. The molecule has 1 aliphatic rings. The van der Waals surface area contributed by atoms with Crippen molar-refractivity contribution in [1.82, 2.24) is 5.32 Å². The second-order valence-electron chi connectivity index (χ2n) is 4.70. The Bertz CT molecular complexity index is 386. The first kappa shape index (κ1) is 13.5. The normalized spacial score (nSPS) is 16.9. The maximum absolute atomic E-state index is 11.6. The molecule has 0 aliphatic heterocycles. The van der Waals surface area contributed by atoms with Crippen LogP contribution in [0.1, 0.15) is 33.1 Å². The molecule has 3 nitrogen and oxygen atoms in total. The molecule has 17 heavy (non-hydrogen) atoms. The highest BCUT2D eigenvalue weighted by Gasteiger charge is 2.20. The van der Waals surface area contributed by atoms with E-state index in [-0.39, 0.29) is 11.8 Å². The predicted octanol–water partition coefficient (Wildman–Crippen LogP) is 2.56. The number of nitrogens with one attached hydrogen (secondary N) is 1. The molecule has 0 bridgehead atoms. The maximum atomic E-state index is 11.6. The highest BCUT2D eigenvalue weighted by molar-refractivity contribution is 5.93. The lowest BCUT2D eigenvalue weighted by molar-refractivity contribution is -0.117. The Balaban J connectivity index is 2.90. The lowest BCUT2D eigenvalue weighted by Crippen LogP contribution is -2.22. The van der Waals surface area contributed by atoms with Gasteiger partial charge in [0.25, 0.3) is 0 Å². The number of nitrogens with zero attached hydrogens (tertiary/aromatic N) is 1. The zero-order valence-electron chi connectivity index (χ0n) is 10.8. The van der Waals surface area contributed by atoms with Gasteiger partial charge in [-0.05, 0) is 30.3 Å². The Labute approximate surface area is 103 Å². The molecule has 1 aliphatic carbocycles. The van der Waals surface area contributed by atoms with Crippen molar-refractivity contribution in [3.05, 3.63) is 23.3 Å². The van der Waals surface area contributed by atoms with Gasteiger partial charge in [-0.1, -0.05) is 26.0 Å². The number of hydrogen-bond donors (Lipinski definition) is 1. The van der Waals surface area contributed by atoms with Crippen LogP contribution in [0.5, 0.6) is 0 Å². The third kappa shape index (κ3) is 3.45. The standard InChI is InChI=1S/C14H20N2O/c1-10(2)13(7-8-15)11-5-4-6-12(9-11)14(17)16-3/h5,9-10,13H,4,6-7H2,1-3H3,(H,16,17). The molecule has 1 amide bonds. The first-order valence-electron chi connectivity index (χ1n) is 6.09. The Hall–Kier alpha value is -1.56. The lowest BCUT2D eigenvalue weighted by atomic mass is 9.82. The van der Waals surface area contributed by atoms with E-state index < -0.39 is 0 Å². The van der Waals surface area contributed by atoms with Crippen molar-refractivity contribution in [3.63, 3.8) is 0 Å². The molecule has 0 radical (unpaired) electrons. The molecule has 0 fully saturated rings. The number of amides is 1. The van der Waals surface area contributed by atoms with E-state index >= 15 is 0 Å². The second-order valence-corrected chi connectivity index (χ2v) is 4.70. The van der Waals surface area contributed by atoms with E-state index in [1.54, 1.807) is 7.05 Å². The minimum Gasteiger partial charge on any atom is -0.355 e. The average Bonchev–Trinajstić information content (AvgIpc) is 2.34. The van der Waals surface area contributed by atoms with Crippen molar-refractivity contribution in [1.29, 1.82) is 5.26 Å². The molecular weight excluding hydrogens is 212 g/mol. The number of carbonyl (C=O) groups is 1. The van der Waals surface area contributed by atoms with Crippen molar-refractivity contribution < 1.29 is 4.79 Å². The van der Waals surface area contributed by atoms with Crippen LogP contribution in [-0.4, -0.2) is 13.0 Å². The number of allylic oxidation sites excluding steroid dienone is 3. The molecule has 1 rings (SSSR count). The van der Waals surface area contributed by atoms with Crippen LogP contribution in [0.25, 0.3) is 0 Å². The molecule has 1 atom stereocenters. The van der Waals surface area contributed by atoms with Crippen molar-refractivity contribution >= 4 is 5.91 Å². The second kappa shape index (κ2) is 6.24. The van der Waals surface area contributed by atoms with Gasteiger partial charge >= 0.3 is 0 Å². The molecule has 0 heterocycles. The molecule has 0 aromatic heterocycles. The zero-order valence-corrected chi connectivity index (χ0v) is 10.8. The van der Waals surface area contributed by atoms with Gasteiger partial charge in [-0.2, -0.15) is 5.26 Å². The number of nitriles is 1. The van der Waals surface area contributed by atoms with Gasteiger partial charge in [-0.3, -0.25) is 4.79 Å². The summed E-state index contributed by atoms with van der Waals surface area (Å²) in [6, 6.07) is 2.23. The van der Waals surface area contributed by atoms with Crippen molar-refractivity contribution in [2.24, 2.45) is 11.8 Å². The highest BCUT2D eigenvalue weighted by Crippen LogP contribution is 2.30. The summed E-state index contributed by atoms with van der Waals surface area (Å²) in [5.74, 6) is 0.649. The molecule has 1 unspecified atom stereocenters. The summed E-state index contributed by atoms with van der Waals surface area (Å²) in [5, 5.41) is 11.5. The summed E-state index contributed by atoms with van der Waals surface area (Å²) in [6.45, 7) is 4.23. The molecule has 0 saturated heterocycles. The third-order valence-corrected chi connectivity index (χ3v) is 3.20. The molecule has 0 spiro atoms. The Kier molecular flexibility index (Phi) is 4.96. The first-order chi connectivity index (χ1) is 8.10. The fourth-order valence-corrected chi connectivity index (χ4v) is 2.16. The van der Waals surface area contributed by atoms with Crippen LogP contribution in [0.2, 0.25) is 0 Å². The fourth-order valence-electron chi connectivity index (χ4n) is 2.16. The van der Waals surface area contributed by atoms with Crippen molar-refractivity contribution in [3.8, 4) is 6.07 Å². The maximum Gasteiger partial charge on any atom is 0.246 e. The molecule has 0 saturated carbocycles. The Morgan fingerprint density at radius 3 is 2.82 bits per heavy atom. The monoisotopic (exact) mass is 232 g/mol. The van der Waals surface area contributed by atoms with Gasteiger partial charge in [0.2, 0.25) is 5.91 Å². The van der Waals surface area contributed by atoms with Gasteiger partial charge < -0.3 is 5.32 Å². The molecule has 92 valence electrons. The number of carbonyl (C=O) groups excluding carboxylic acids is 1. The molecule has 3 heteroatoms. The minimum absolute atomic E-state index is 0.00457. The Morgan fingerprint density at radius 2 is 2.29 bits per heavy atom. The van der Waals surface area contributed by atoms with Gasteiger partial charge in [0, 0.05) is 19.0 Å². The van der Waals surface area contributed by atoms with E-state index in [2.05, 4.69) is 31.3 Å². The van der Waals surface area contributed by atoms with Crippen LogP contribution in [-0.2, 0) is 4.79 Å².